The normalized spacial score (nSPS) is 18.0. The Bertz CT molecular complexity index is 663. The second-order valence-electron chi connectivity index (χ2n) is 4.90. The van der Waals surface area contributed by atoms with Crippen molar-refractivity contribution in [2.75, 3.05) is 6.54 Å². The van der Waals surface area contributed by atoms with E-state index in [9.17, 15) is 13.6 Å². The zero-order valence-corrected chi connectivity index (χ0v) is 11.2. The molecule has 1 amide bonds. The molecule has 108 valence electrons. The molecule has 0 unspecified atom stereocenters. The summed E-state index contributed by atoms with van der Waals surface area (Å²) in [5, 5.41) is 0. The summed E-state index contributed by atoms with van der Waals surface area (Å²) in [5.41, 5.74) is 0.421. The lowest BCUT2D eigenvalue weighted by Crippen LogP contribution is -2.32. The molecule has 1 atom stereocenters. The van der Waals surface area contributed by atoms with Gasteiger partial charge in [-0.2, -0.15) is 0 Å². The molecular formula is C15H13F2N3O. The van der Waals surface area contributed by atoms with Crippen LogP contribution in [0.15, 0.2) is 36.7 Å². The fraction of sp³-hybridized carbons (Fsp3) is 0.267. The Morgan fingerprint density at radius 1 is 1.29 bits per heavy atom. The average Bonchev–Trinajstić information content (AvgIpc) is 2.97. The molecule has 1 aliphatic rings. The molecule has 1 saturated heterocycles. The van der Waals surface area contributed by atoms with Crippen molar-refractivity contribution in [1.82, 2.24) is 14.9 Å². The van der Waals surface area contributed by atoms with Gasteiger partial charge in [-0.3, -0.25) is 9.78 Å². The summed E-state index contributed by atoms with van der Waals surface area (Å²) in [7, 11) is 0. The fourth-order valence-corrected chi connectivity index (χ4v) is 2.60. The van der Waals surface area contributed by atoms with Gasteiger partial charge in [-0.05, 0) is 25.0 Å². The molecule has 3 rings (SSSR count). The van der Waals surface area contributed by atoms with E-state index in [1.807, 2.05) is 12.1 Å². The minimum atomic E-state index is -0.938. The minimum absolute atomic E-state index is 0.190. The number of carbonyl (C=O) groups excluding carboxylic acids is 1. The largest absolute Gasteiger partial charge is 0.329 e. The van der Waals surface area contributed by atoms with Crippen LogP contribution in [0.25, 0.3) is 0 Å². The molecule has 0 radical (unpaired) electrons. The number of hydrogen-bond acceptors (Lipinski definition) is 3. The Labute approximate surface area is 120 Å². The number of carbonyl (C=O) groups is 1. The Morgan fingerprint density at radius 3 is 2.86 bits per heavy atom. The highest BCUT2D eigenvalue weighted by Gasteiger charge is 2.33. The number of halogens is 2. The number of pyridine rings is 2. The number of likely N-dealkylation sites (tertiary alicyclic amines) is 1. The fourth-order valence-electron chi connectivity index (χ4n) is 2.60. The van der Waals surface area contributed by atoms with Crippen LogP contribution in [0.1, 0.15) is 35.1 Å². The van der Waals surface area contributed by atoms with Crippen LogP contribution in [-0.4, -0.2) is 27.3 Å². The molecule has 3 heterocycles. The van der Waals surface area contributed by atoms with E-state index in [0.29, 0.717) is 12.6 Å². The molecule has 0 N–H and O–H groups in total. The molecule has 0 aliphatic carbocycles. The molecule has 0 spiro atoms. The lowest BCUT2D eigenvalue weighted by molar-refractivity contribution is 0.0721. The summed E-state index contributed by atoms with van der Waals surface area (Å²) in [6.45, 7) is 0.512. The highest BCUT2D eigenvalue weighted by atomic mass is 19.1. The van der Waals surface area contributed by atoms with Crippen molar-refractivity contribution in [3.8, 4) is 0 Å². The molecule has 1 fully saturated rings. The van der Waals surface area contributed by atoms with Gasteiger partial charge in [0.1, 0.15) is 5.82 Å². The summed E-state index contributed by atoms with van der Waals surface area (Å²) < 4.78 is 26.6. The zero-order chi connectivity index (χ0) is 14.8. The van der Waals surface area contributed by atoms with Crippen LogP contribution < -0.4 is 0 Å². The second-order valence-corrected chi connectivity index (χ2v) is 4.90. The lowest BCUT2D eigenvalue weighted by atomic mass is 10.1. The summed E-state index contributed by atoms with van der Waals surface area (Å²) >= 11 is 0. The van der Waals surface area contributed by atoms with E-state index < -0.39 is 17.5 Å². The van der Waals surface area contributed by atoms with Crippen LogP contribution >= 0.6 is 0 Å². The summed E-state index contributed by atoms with van der Waals surface area (Å²) in [4.78, 5) is 21.8. The van der Waals surface area contributed by atoms with Crippen molar-refractivity contribution >= 4 is 5.91 Å². The molecule has 0 aromatic carbocycles. The molecule has 21 heavy (non-hydrogen) atoms. The number of hydrogen-bond donors (Lipinski definition) is 0. The van der Waals surface area contributed by atoms with E-state index in [1.165, 1.54) is 0 Å². The van der Waals surface area contributed by atoms with Crippen molar-refractivity contribution in [2.24, 2.45) is 0 Å². The average molecular weight is 289 g/mol. The third kappa shape index (κ3) is 2.61. The first-order valence-corrected chi connectivity index (χ1v) is 6.70. The first kappa shape index (κ1) is 13.6. The highest BCUT2D eigenvalue weighted by Crippen LogP contribution is 2.31. The maximum Gasteiger partial charge on any atom is 0.276 e. The quantitative estimate of drug-likeness (QED) is 0.854. The maximum atomic E-state index is 13.7. The first-order valence-electron chi connectivity index (χ1n) is 6.70. The number of rotatable bonds is 2. The van der Waals surface area contributed by atoms with Crippen LogP contribution in [0.2, 0.25) is 0 Å². The summed E-state index contributed by atoms with van der Waals surface area (Å²) in [5.74, 6) is -2.26. The Kier molecular flexibility index (Phi) is 3.60. The Morgan fingerprint density at radius 2 is 2.14 bits per heavy atom. The molecule has 0 bridgehead atoms. The van der Waals surface area contributed by atoms with Crippen LogP contribution in [0, 0.1) is 11.6 Å². The van der Waals surface area contributed by atoms with Gasteiger partial charge in [0.05, 0.1) is 17.9 Å². The highest BCUT2D eigenvalue weighted by molar-refractivity contribution is 5.93. The van der Waals surface area contributed by atoms with Crippen LogP contribution in [0.3, 0.4) is 0 Å². The van der Waals surface area contributed by atoms with Gasteiger partial charge in [-0.25, -0.2) is 13.8 Å². The van der Waals surface area contributed by atoms with Crippen molar-refractivity contribution in [3.05, 3.63) is 59.7 Å². The van der Waals surface area contributed by atoms with E-state index in [4.69, 9.17) is 0 Å². The van der Waals surface area contributed by atoms with Crippen LogP contribution in [0.5, 0.6) is 0 Å². The molecule has 1 aliphatic heterocycles. The van der Waals surface area contributed by atoms with E-state index in [2.05, 4.69) is 9.97 Å². The van der Waals surface area contributed by atoms with Crippen molar-refractivity contribution in [3.63, 3.8) is 0 Å². The standard InChI is InChI=1S/C15H13F2N3O/c16-10-8-11(17)14(19-9-10)15(21)20-7-3-5-13(20)12-4-1-2-6-18-12/h1-2,4,6,8-9,13H,3,5,7H2/t13-/m0/s1. The SMILES string of the molecule is O=C(c1ncc(F)cc1F)N1CCC[C@H]1c1ccccn1. The van der Waals surface area contributed by atoms with E-state index in [-0.39, 0.29) is 11.7 Å². The van der Waals surface area contributed by atoms with Crippen LogP contribution in [-0.2, 0) is 0 Å². The molecular weight excluding hydrogens is 276 g/mol. The van der Waals surface area contributed by atoms with Crippen LogP contribution in [0.4, 0.5) is 8.78 Å². The molecule has 4 nitrogen and oxygen atoms in total. The zero-order valence-electron chi connectivity index (χ0n) is 11.2. The number of aromatic nitrogens is 2. The van der Waals surface area contributed by atoms with Gasteiger partial charge < -0.3 is 4.90 Å². The summed E-state index contributed by atoms with van der Waals surface area (Å²) in [6, 6.07) is 5.97. The van der Waals surface area contributed by atoms with E-state index >= 15 is 0 Å². The molecule has 0 saturated carbocycles. The summed E-state index contributed by atoms with van der Waals surface area (Å²) in [6.07, 6.45) is 4.09. The van der Waals surface area contributed by atoms with Gasteiger partial charge >= 0.3 is 0 Å². The van der Waals surface area contributed by atoms with Gasteiger partial charge in [0, 0.05) is 18.8 Å². The molecule has 2 aromatic rings. The number of nitrogens with zero attached hydrogens (tertiary/aromatic N) is 3. The third-order valence-corrected chi connectivity index (χ3v) is 3.55. The Balaban J connectivity index is 1.90. The number of amides is 1. The van der Waals surface area contributed by atoms with Gasteiger partial charge in [-0.15, -0.1) is 0 Å². The van der Waals surface area contributed by atoms with E-state index in [1.54, 1.807) is 17.2 Å². The minimum Gasteiger partial charge on any atom is -0.329 e. The van der Waals surface area contributed by atoms with Gasteiger partial charge in [0.15, 0.2) is 11.5 Å². The third-order valence-electron chi connectivity index (χ3n) is 3.55. The maximum absolute atomic E-state index is 13.7. The predicted molar refractivity (Wildman–Crippen MR) is 71.4 cm³/mol. The molecule has 6 heteroatoms. The second kappa shape index (κ2) is 5.55. The van der Waals surface area contributed by atoms with Gasteiger partial charge in [-0.1, -0.05) is 6.07 Å². The molecule has 2 aromatic heterocycles. The van der Waals surface area contributed by atoms with E-state index in [0.717, 1.165) is 24.7 Å². The topological polar surface area (TPSA) is 46.1 Å². The smallest absolute Gasteiger partial charge is 0.276 e. The van der Waals surface area contributed by atoms with Crippen molar-refractivity contribution in [2.45, 2.75) is 18.9 Å². The lowest BCUT2D eigenvalue weighted by Gasteiger charge is -2.24. The Hall–Kier alpha value is -2.37. The predicted octanol–water partition coefficient (Wildman–Crippen LogP) is 2.73. The van der Waals surface area contributed by atoms with Gasteiger partial charge in [0.2, 0.25) is 0 Å². The monoisotopic (exact) mass is 289 g/mol. The van der Waals surface area contributed by atoms with Crippen molar-refractivity contribution < 1.29 is 13.6 Å². The van der Waals surface area contributed by atoms with Crippen molar-refractivity contribution in [1.29, 1.82) is 0 Å². The first-order chi connectivity index (χ1) is 10.2. The van der Waals surface area contributed by atoms with Gasteiger partial charge in [0.25, 0.3) is 5.91 Å².